The average Bonchev–Trinajstić information content (AvgIpc) is 3.18. The van der Waals surface area contributed by atoms with Crippen LogP contribution >= 0.6 is 0 Å². The molecule has 2 nitrogen and oxygen atoms in total. The van der Waals surface area contributed by atoms with Gasteiger partial charge in [-0.05, 0) is 37.3 Å². The van der Waals surface area contributed by atoms with Gasteiger partial charge in [0, 0.05) is 12.6 Å². The van der Waals surface area contributed by atoms with Crippen LogP contribution in [0.3, 0.4) is 0 Å². The lowest BCUT2D eigenvalue weighted by Gasteiger charge is -2.21. The summed E-state index contributed by atoms with van der Waals surface area (Å²) in [5, 5.41) is 12.7. The number of nitrogens with one attached hydrogen (secondary N) is 1. The fourth-order valence-corrected chi connectivity index (χ4v) is 2.19. The summed E-state index contributed by atoms with van der Waals surface area (Å²) in [4.78, 5) is 0. The SMILES string of the molecule is CC(NCC(O)C1CC1)c1ccccc1C(F)(F)F. The molecule has 0 saturated heterocycles. The summed E-state index contributed by atoms with van der Waals surface area (Å²) < 4.78 is 38.6. The van der Waals surface area contributed by atoms with Crippen LogP contribution in [0.4, 0.5) is 13.2 Å². The molecule has 2 atom stereocenters. The predicted molar refractivity (Wildman–Crippen MR) is 66.6 cm³/mol. The van der Waals surface area contributed by atoms with Crippen LogP contribution in [0.5, 0.6) is 0 Å². The van der Waals surface area contributed by atoms with Crippen molar-refractivity contribution < 1.29 is 18.3 Å². The van der Waals surface area contributed by atoms with Crippen LogP contribution in [0.25, 0.3) is 0 Å². The molecule has 0 aliphatic heterocycles. The number of hydrogen-bond donors (Lipinski definition) is 2. The van der Waals surface area contributed by atoms with Crippen LogP contribution in [-0.2, 0) is 6.18 Å². The lowest BCUT2D eigenvalue weighted by atomic mass is 10.0. The minimum atomic E-state index is -4.35. The van der Waals surface area contributed by atoms with E-state index in [-0.39, 0.29) is 5.56 Å². The van der Waals surface area contributed by atoms with E-state index in [1.807, 2.05) is 0 Å². The molecule has 1 fully saturated rings. The van der Waals surface area contributed by atoms with E-state index in [0.717, 1.165) is 18.9 Å². The van der Waals surface area contributed by atoms with Crippen LogP contribution < -0.4 is 5.32 Å². The van der Waals surface area contributed by atoms with Gasteiger partial charge in [0.15, 0.2) is 0 Å². The van der Waals surface area contributed by atoms with Crippen molar-refractivity contribution in [3.8, 4) is 0 Å². The molecule has 1 aliphatic carbocycles. The Kier molecular flexibility index (Phi) is 4.16. The highest BCUT2D eigenvalue weighted by Crippen LogP contribution is 2.35. The standard InChI is InChI=1S/C14H18F3NO/c1-9(18-8-13(19)10-6-7-10)11-4-2-3-5-12(11)14(15,16)17/h2-5,9-10,13,18-19H,6-8H2,1H3. The zero-order chi connectivity index (χ0) is 14.0. The van der Waals surface area contributed by atoms with Crippen molar-refractivity contribution >= 4 is 0 Å². The van der Waals surface area contributed by atoms with Gasteiger partial charge in [-0.1, -0.05) is 18.2 Å². The first-order chi connectivity index (χ1) is 8.89. The van der Waals surface area contributed by atoms with Crippen LogP contribution in [0, 0.1) is 5.92 Å². The lowest BCUT2D eigenvalue weighted by Crippen LogP contribution is -2.31. The highest BCUT2D eigenvalue weighted by atomic mass is 19.4. The molecule has 1 saturated carbocycles. The summed E-state index contributed by atoms with van der Waals surface area (Å²) in [5.74, 6) is 0.317. The van der Waals surface area contributed by atoms with Gasteiger partial charge in [0.25, 0.3) is 0 Å². The van der Waals surface area contributed by atoms with E-state index >= 15 is 0 Å². The fraction of sp³-hybridized carbons (Fsp3) is 0.571. The van der Waals surface area contributed by atoms with Crippen molar-refractivity contribution in [2.75, 3.05) is 6.54 Å². The molecular formula is C14H18F3NO. The third-order valence-electron chi connectivity index (χ3n) is 3.53. The number of alkyl halides is 3. The normalized spacial score (nSPS) is 19.2. The monoisotopic (exact) mass is 273 g/mol. The second kappa shape index (κ2) is 5.51. The molecule has 2 N–H and O–H groups in total. The highest BCUT2D eigenvalue weighted by Gasteiger charge is 2.34. The maximum Gasteiger partial charge on any atom is 0.416 e. The van der Waals surface area contributed by atoms with Crippen LogP contribution in [0.15, 0.2) is 24.3 Å². The molecule has 1 aromatic rings. The summed E-state index contributed by atoms with van der Waals surface area (Å²) in [6.45, 7) is 2.02. The Bertz CT molecular complexity index is 429. The lowest BCUT2D eigenvalue weighted by molar-refractivity contribution is -0.138. The van der Waals surface area contributed by atoms with Crippen molar-refractivity contribution in [1.82, 2.24) is 5.32 Å². The first kappa shape index (κ1) is 14.3. The Morgan fingerprint density at radius 1 is 1.32 bits per heavy atom. The molecule has 1 aliphatic rings. The first-order valence-electron chi connectivity index (χ1n) is 6.47. The molecule has 0 spiro atoms. The molecule has 0 amide bonds. The second-order valence-electron chi connectivity index (χ2n) is 5.12. The fourth-order valence-electron chi connectivity index (χ4n) is 2.19. The number of halogens is 3. The van der Waals surface area contributed by atoms with E-state index < -0.39 is 23.9 Å². The van der Waals surface area contributed by atoms with E-state index in [1.165, 1.54) is 12.1 Å². The quantitative estimate of drug-likeness (QED) is 0.864. The Labute approximate surface area is 110 Å². The smallest absolute Gasteiger partial charge is 0.392 e. The zero-order valence-electron chi connectivity index (χ0n) is 10.7. The van der Waals surface area contributed by atoms with Gasteiger partial charge in [0.2, 0.25) is 0 Å². The van der Waals surface area contributed by atoms with Crippen molar-refractivity contribution in [2.24, 2.45) is 5.92 Å². The summed E-state index contributed by atoms with van der Waals surface area (Å²) in [5.41, 5.74) is -0.395. The molecule has 1 aromatic carbocycles. The summed E-state index contributed by atoms with van der Waals surface area (Å²) in [7, 11) is 0. The number of rotatable bonds is 5. The van der Waals surface area contributed by atoms with Crippen LogP contribution in [0.2, 0.25) is 0 Å². The molecule has 0 bridgehead atoms. The Hall–Kier alpha value is -1.07. The number of aliphatic hydroxyl groups excluding tert-OH is 1. The van der Waals surface area contributed by atoms with E-state index in [2.05, 4.69) is 5.32 Å². The summed E-state index contributed by atoms with van der Waals surface area (Å²) >= 11 is 0. The number of benzene rings is 1. The number of hydrogen-bond acceptors (Lipinski definition) is 2. The van der Waals surface area contributed by atoms with Gasteiger partial charge in [0.1, 0.15) is 0 Å². The second-order valence-corrected chi connectivity index (χ2v) is 5.12. The van der Waals surface area contributed by atoms with E-state index in [4.69, 9.17) is 0 Å². The van der Waals surface area contributed by atoms with E-state index in [9.17, 15) is 18.3 Å². The topological polar surface area (TPSA) is 32.3 Å². The van der Waals surface area contributed by atoms with Gasteiger partial charge < -0.3 is 10.4 Å². The molecule has 19 heavy (non-hydrogen) atoms. The zero-order valence-corrected chi connectivity index (χ0v) is 10.7. The average molecular weight is 273 g/mol. The maximum atomic E-state index is 12.9. The molecule has 2 unspecified atom stereocenters. The molecule has 5 heteroatoms. The van der Waals surface area contributed by atoms with Crippen molar-refractivity contribution in [3.63, 3.8) is 0 Å². The number of aliphatic hydroxyl groups is 1. The highest BCUT2D eigenvalue weighted by molar-refractivity contribution is 5.32. The van der Waals surface area contributed by atoms with E-state index in [1.54, 1.807) is 13.0 Å². The Balaban J connectivity index is 2.03. The van der Waals surface area contributed by atoms with Crippen LogP contribution in [0.1, 0.15) is 36.9 Å². The van der Waals surface area contributed by atoms with Gasteiger partial charge >= 0.3 is 6.18 Å². The molecule has 2 rings (SSSR count). The van der Waals surface area contributed by atoms with Crippen molar-refractivity contribution in [3.05, 3.63) is 35.4 Å². The third-order valence-corrected chi connectivity index (χ3v) is 3.53. The molecule has 0 heterocycles. The molecular weight excluding hydrogens is 255 g/mol. The van der Waals surface area contributed by atoms with Gasteiger partial charge in [-0.3, -0.25) is 0 Å². The van der Waals surface area contributed by atoms with Gasteiger partial charge in [-0.15, -0.1) is 0 Å². The minimum absolute atomic E-state index is 0.220. The molecule has 0 radical (unpaired) electrons. The van der Waals surface area contributed by atoms with Gasteiger partial charge in [-0.25, -0.2) is 0 Å². The van der Waals surface area contributed by atoms with Gasteiger partial charge in [0.05, 0.1) is 11.7 Å². The maximum absolute atomic E-state index is 12.9. The van der Waals surface area contributed by atoms with Gasteiger partial charge in [-0.2, -0.15) is 13.2 Å². The Morgan fingerprint density at radius 2 is 1.95 bits per heavy atom. The Morgan fingerprint density at radius 3 is 2.53 bits per heavy atom. The van der Waals surface area contributed by atoms with Crippen molar-refractivity contribution in [1.29, 1.82) is 0 Å². The predicted octanol–water partition coefficient (Wildman–Crippen LogP) is 3.13. The molecule has 106 valence electrons. The third kappa shape index (κ3) is 3.70. The summed E-state index contributed by atoms with van der Waals surface area (Å²) in [6, 6.07) is 5.11. The first-order valence-corrected chi connectivity index (χ1v) is 6.47. The van der Waals surface area contributed by atoms with E-state index in [0.29, 0.717) is 12.5 Å². The largest absolute Gasteiger partial charge is 0.416 e. The van der Waals surface area contributed by atoms with Crippen molar-refractivity contribution in [2.45, 2.75) is 38.1 Å². The molecule has 0 aromatic heterocycles. The van der Waals surface area contributed by atoms with Crippen LogP contribution in [-0.4, -0.2) is 17.8 Å². The minimum Gasteiger partial charge on any atom is -0.392 e. The summed E-state index contributed by atoms with van der Waals surface area (Å²) in [6.07, 6.45) is -2.78.